The lowest BCUT2D eigenvalue weighted by atomic mass is 9.97. The van der Waals surface area contributed by atoms with Crippen molar-refractivity contribution in [3.8, 4) is 0 Å². The van der Waals surface area contributed by atoms with Crippen molar-refractivity contribution in [1.82, 2.24) is 4.90 Å². The second-order valence-corrected chi connectivity index (χ2v) is 5.55. The molecule has 2 atom stereocenters. The molecule has 0 aliphatic carbocycles. The number of carbonyl (C=O) groups is 2. The molecular formula is C12H21NO5. The van der Waals surface area contributed by atoms with Crippen molar-refractivity contribution in [1.29, 1.82) is 0 Å². The van der Waals surface area contributed by atoms with E-state index in [1.807, 2.05) is 0 Å². The molecule has 0 bridgehead atoms. The molecule has 0 aromatic rings. The van der Waals surface area contributed by atoms with E-state index in [1.165, 1.54) is 12.0 Å². The van der Waals surface area contributed by atoms with Crippen LogP contribution in [0.2, 0.25) is 0 Å². The molecule has 0 aromatic heterocycles. The van der Waals surface area contributed by atoms with Gasteiger partial charge in [0.15, 0.2) is 0 Å². The Kier molecular flexibility index (Phi) is 4.56. The van der Waals surface area contributed by atoms with Crippen molar-refractivity contribution in [3.63, 3.8) is 0 Å². The smallest absolute Gasteiger partial charge is 0.410 e. The zero-order chi connectivity index (χ0) is 13.9. The van der Waals surface area contributed by atoms with E-state index >= 15 is 0 Å². The molecule has 0 aromatic carbocycles. The lowest BCUT2D eigenvalue weighted by molar-refractivity contribution is -0.143. The zero-order valence-corrected chi connectivity index (χ0v) is 11.3. The van der Waals surface area contributed by atoms with Crippen molar-refractivity contribution in [2.24, 2.45) is 11.8 Å². The number of carbonyl (C=O) groups excluding carboxylic acids is 1. The molecule has 0 saturated carbocycles. The van der Waals surface area contributed by atoms with Gasteiger partial charge in [0.25, 0.3) is 0 Å². The van der Waals surface area contributed by atoms with Gasteiger partial charge >= 0.3 is 12.1 Å². The summed E-state index contributed by atoms with van der Waals surface area (Å²) >= 11 is 0. The second kappa shape index (κ2) is 5.56. The number of hydrogen-bond donors (Lipinski definition) is 1. The van der Waals surface area contributed by atoms with Crippen LogP contribution in [0.5, 0.6) is 0 Å². The summed E-state index contributed by atoms with van der Waals surface area (Å²) < 4.78 is 10.2. The fourth-order valence-electron chi connectivity index (χ4n) is 2.01. The topological polar surface area (TPSA) is 76.1 Å². The number of nitrogens with zero attached hydrogens (tertiary/aromatic N) is 1. The molecule has 1 saturated heterocycles. The lowest BCUT2D eigenvalue weighted by Crippen LogP contribution is -2.36. The summed E-state index contributed by atoms with van der Waals surface area (Å²) in [5, 5.41) is 9.11. The van der Waals surface area contributed by atoms with Crippen LogP contribution >= 0.6 is 0 Å². The first-order valence-corrected chi connectivity index (χ1v) is 5.94. The van der Waals surface area contributed by atoms with Crippen LogP contribution in [0, 0.1) is 11.8 Å². The van der Waals surface area contributed by atoms with Crippen LogP contribution in [-0.2, 0) is 14.3 Å². The Morgan fingerprint density at radius 1 is 1.33 bits per heavy atom. The molecule has 0 unspecified atom stereocenters. The quantitative estimate of drug-likeness (QED) is 0.824. The van der Waals surface area contributed by atoms with Gasteiger partial charge in [-0.15, -0.1) is 0 Å². The third-order valence-electron chi connectivity index (χ3n) is 2.79. The monoisotopic (exact) mass is 259 g/mol. The lowest BCUT2D eigenvalue weighted by Gasteiger charge is -2.24. The first-order valence-electron chi connectivity index (χ1n) is 5.94. The van der Waals surface area contributed by atoms with E-state index in [0.29, 0.717) is 13.2 Å². The first kappa shape index (κ1) is 14.8. The van der Waals surface area contributed by atoms with Crippen LogP contribution in [0.25, 0.3) is 0 Å². The molecule has 1 aliphatic rings. The molecular weight excluding hydrogens is 238 g/mol. The normalized spacial score (nSPS) is 24.1. The fourth-order valence-corrected chi connectivity index (χ4v) is 2.01. The highest BCUT2D eigenvalue weighted by Gasteiger charge is 2.40. The van der Waals surface area contributed by atoms with Gasteiger partial charge in [0.2, 0.25) is 0 Å². The van der Waals surface area contributed by atoms with E-state index in [2.05, 4.69) is 0 Å². The second-order valence-electron chi connectivity index (χ2n) is 5.55. The number of amides is 1. The number of methoxy groups -OCH3 is 1. The number of rotatable bonds is 3. The molecule has 0 radical (unpaired) electrons. The van der Waals surface area contributed by atoms with E-state index in [9.17, 15) is 9.59 Å². The summed E-state index contributed by atoms with van der Waals surface area (Å²) in [6, 6.07) is 0. The van der Waals surface area contributed by atoms with E-state index in [1.54, 1.807) is 20.8 Å². The van der Waals surface area contributed by atoms with Gasteiger partial charge < -0.3 is 19.5 Å². The Bertz CT molecular complexity index is 323. The molecule has 1 heterocycles. The van der Waals surface area contributed by atoms with Crippen LogP contribution in [0.1, 0.15) is 20.8 Å². The minimum Gasteiger partial charge on any atom is -0.481 e. The number of ether oxygens (including phenoxy) is 2. The summed E-state index contributed by atoms with van der Waals surface area (Å²) in [5.41, 5.74) is -0.574. The Labute approximate surface area is 107 Å². The van der Waals surface area contributed by atoms with Crippen molar-refractivity contribution in [2.45, 2.75) is 26.4 Å². The summed E-state index contributed by atoms with van der Waals surface area (Å²) in [5.74, 6) is -1.67. The zero-order valence-electron chi connectivity index (χ0n) is 11.3. The van der Waals surface area contributed by atoms with Gasteiger partial charge in [0, 0.05) is 26.1 Å². The van der Waals surface area contributed by atoms with Gasteiger partial charge in [0.05, 0.1) is 12.5 Å². The maximum Gasteiger partial charge on any atom is 0.410 e. The molecule has 1 N–H and O–H groups in total. The van der Waals surface area contributed by atoms with Gasteiger partial charge in [-0.05, 0) is 20.8 Å². The highest BCUT2D eigenvalue weighted by atomic mass is 16.6. The molecule has 6 heteroatoms. The van der Waals surface area contributed by atoms with Crippen LogP contribution in [0.3, 0.4) is 0 Å². The van der Waals surface area contributed by atoms with Crippen LogP contribution in [0.15, 0.2) is 0 Å². The first-order chi connectivity index (χ1) is 8.24. The number of aliphatic carboxylic acids is 1. The largest absolute Gasteiger partial charge is 0.481 e. The summed E-state index contributed by atoms with van der Waals surface area (Å²) in [6.45, 7) is 6.21. The third-order valence-corrected chi connectivity index (χ3v) is 2.79. The van der Waals surface area contributed by atoms with E-state index in [0.717, 1.165) is 0 Å². The Morgan fingerprint density at radius 2 is 1.94 bits per heavy atom. The molecule has 104 valence electrons. The average Bonchev–Trinajstić information content (AvgIpc) is 2.59. The van der Waals surface area contributed by atoms with Gasteiger partial charge in [-0.1, -0.05) is 0 Å². The molecule has 6 nitrogen and oxygen atoms in total. The Hall–Kier alpha value is -1.30. The number of likely N-dealkylation sites (tertiary alicyclic amines) is 1. The van der Waals surface area contributed by atoms with Crippen molar-refractivity contribution < 1.29 is 24.2 Å². The standard InChI is InChI=1S/C12H21NO5/c1-12(2,3)18-11(16)13-5-8(7-17-4)9(6-13)10(14)15/h8-9H,5-7H2,1-4H3,(H,14,15)/t8-,9-/m0/s1. The van der Waals surface area contributed by atoms with Gasteiger partial charge in [-0.2, -0.15) is 0 Å². The van der Waals surface area contributed by atoms with Crippen molar-refractivity contribution >= 4 is 12.1 Å². The number of carboxylic acid groups (broad SMARTS) is 1. The molecule has 1 amide bonds. The van der Waals surface area contributed by atoms with Crippen molar-refractivity contribution in [3.05, 3.63) is 0 Å². The Balaban J connectivity index is 2.65. The average molecular weight is 259 g/mol. The van der Waals surface area contributed by atoms with Gasteiger partial charge in [-0.25, -0.2) is 4.79 Å². The van der Waals surface area contributed by atoms with Gasteiger partial charge in [-0.3, -0.25) is 4.79 Å². The molecule has 0 spiro atoms. The molecule has 1 rings (SSSR count). The van der Waals surface area contributed by atoms with Gasteiger partial charge in [0.1, 0.15) is 5.60 Å². The minimum absolute atomic E-state index is 0.179. The predicted molar refractivity (Wildman–Crippen MR) is 64.3 cm³/mol. The maximum atomic E-state index is 11.8. The van der Waals surface area contributed by atoms with E-state index in [4.69, 9.17) is 14.6 Å². The molecule has 1 fully saturated rings. The minimum atomic E-state index is -0.900. The maximum absolute atomic E-state index is 11.8. The summed E-state index contributed by atoms with van der Waals surface area (Å²) in [6.07, 6.45) is -0.465. The number of hydrogen-bond acceptors (Lipinski definition) is 4. The predicted octanol–water partition coefficient (Wildman–Crippen LogP) is 1.20. The van der Waals surface area contributed by atoms with E-state index < -0.39 is 23.6 Å². The van der Waals surface area contributed by atoms with Crippen molar-refractivity contribution in [2.75, 3.05) is 26.8 Å². The molecule has 18 heavy (non-hydrogen) atoms. The highest BCUT2D eigenvalue weighted by molar-refractivity contribution is 5.74. The summed E-state index contributed by atoms with van der Waals surface area (Å²) in [7, 11) is 1.52. The van der Waals surface area contributed by atoms with Crippen LogP contribution in [-0.4, -0.2) is 54.5 Å². The van der Waals surface area contributed by atoms with E-state index in [-0.39, 0.29) is 12.5 Å². The fraction of sp³-hybridized carbons (Fsp3) is 0.833. The molecule has 1 aliphatic heterocycles. The highest BCUT2D eigenvalue weighted by Crippen LogP contribution is 2.25. The third kappa shape index (κ3) is 3.87. The van der Waals surface area contributed by atoms with Crippen LogP contribution < -0.4 is 0 Å². The Morgan fingerprint density at radius 3 is 2.39 bits per heavy atom. The number of carboxylic acids is 1. The van der Waals surface area contributed by atoms with Crippen LogP contribution in [0.4, 0.5) is 4.79 Å². The SMILES string of the molecule is COC[C@@H]1CN(C(=O)OC(C)(C)C)C[C@@H]1C(=O)O. The summed E-state index contributed by atoms with van der Waals surface area (Å²) in [4.78, 5) is 24.4.